The summed E-state index contributed by atoms with van der Waals surface area (Å²) in [6, 6.07) is 0. The van der Waals surface area contributed by atoms with Crippen LogP contribution in [0, 0.1) is 5.92 Å². The molecule has 0 bridgehead atoms. The Morgan fingerprint density at radius 3 is 2.44 bits per heavy atom. The lowest BCUT2D eigenvalue weighted by atomic mass is 9.98. The van der Waals surface area contributed by atoms with Crippen LogP contribution >= 0.6 is 12.6 Å². The molecule has 2 atom stereocenters. The molecule has 0 fully saturated rings. The fourth-order valence-electron chi connectivity index (χ4n) is 1.02. The molecular weight excluding hydrogens is 128 g/mol. The highest BCUT2D eigenvalue weighted by Gasteiger charge is 2.10. The lowest BCUT2D eigenvalue weighted by Gasteiger charge is -2.16. The molecule has 0 nitrogen and oxygen atoms in total. The summed E-state index contributed by atoms with van der Waals surface area (Å²) in [6.45, 7) is 2.19. The zero-order chi connectivity index (χ0) is 6.69. The van der Waals surface area contributed by atoms with E-state index in [-0.39, 0.29) is 0 Å². The second-order valence-corrected chi connectivity index (χ2v) is 2.93. The molecule has 0 saturated heterocycles. The minimum Gasteiger partial charge on any atom is -0.171 e. The van der Waals surface area contributed by atoms with E-state index in [0.29, 0.717) is 11.2 Å². The molecule has 0 N–H and O–H groups in total. The van der Waals surface area contributed by atoms with Crippen LogP contribution in [-0.4, -0.2) is 5.25 Å². The van der Waals surface area contributed by atoms with E-state index in [4.69, 9.17) is 0 Å². The first kappa shape index (κ1) is 6.94. The Bertz CT molecular complexity index is 136. The summed E-state index contributed by atoms with van der Waals surface area (Å²) in [7, 11) is 0. The second kappa shape index (κ2) is 3.11. The Morgan fingerprint density at radius 1 is 1.33 bits per heavy atom. The molecule has 1 rings (SSSR count). The van der Waals surface area contributed by atoms with Gasteiger partial charge >= 0.3 is 0 Å². The van der Waals surface area contributed by atoms with E-state index in [1.54, 1.807) is 0 Å². The van der Waals surface area contributed by atoms with Crippen molar-refractivity contribution in [2.45, 2.75) is 18.6 Å². The van der Waals surface area contributed by atoms with E-state index in [0.717, 1.165) is 0 Å². The van der Waals surface area contributed by atoms with Crippen molar-refractivity contribution < 1.29 is 0 Å². The summed E-state index contributed by atoms with van der Waals surface area (Å²) in [5.74, 6) is 0.651. The molecule has 1 aliphatic rings. The van der Waals surface area contributed by atoms with Crippen molar-refractivity contribution >= 4 is 12.6 Å². The summed E-state index contributed by atoms with van der Waals surface area (Å²) in [5, 5.41) is 0.444. The summed E-state index contributed by atoms with van der Waals surface area (Å²) in [6.07, 6.45) is 9.70. The van der Waals surface area contributed by atoms with Gasteiger partial charge in [0.2, 0.25) is 0 Å². The minimum atomic E-state index is 0.444. The van der Waals surface area contributed by atoms with Crippen molar-refractivity contribution in [3.63, 3.8) is 0 Å². The van der Waals surface area contributed by atoms with Crippen molar-refractivity contribution in [1.82, 2.24) is 0 Å². The van der Waals surface area contributed by atoms with Crippen LogP contribution in [0.4, 0.5) is 0 Å². The van der Waals surface area contributed by atoms with Gasteiger partial charge in [-0.2, -0.15) is 12.6 Å². The molecule has 0 saturated carbocycles. The molecule has 0 heterocycles. The molecule has 1 heteroatoms. The highest BCUT2D eigenvalue weighted by Crippen LogP contribution is 2.20. The van der Waals surface area contributed by atoms with Crippen molar-refractivity contribution in [2.24, 2.45) is 5.92 Å². The van der Waals surface area contributed by atoms with Crippen LogP contribution in [-0.2, 0) is 0 Å². The number of hydrogen-bond donors (Lipinski definition) is 1. The van der Waals surface area contributed by atoms with E-state index >= 15 is 0 Å². The zero-order valence-electron chi connectivity index (χ0n) is 5.62. The van der Waals surface area contributed by atoms with Gasteiger partial charge in [0.25, 0.3) is 0 Å². The Morgan fingerprint density at radius 2 is 2.00 bits per heavy atom. The third-order valence-corrected chi connectivity index (χ3v) is 2.24. The van der Waals surface area contributed by atoms with Crippen LogP contribution in [0.25, 0.3) is 0 Å². The van der Waals surface area contributed by atoms with Gasteiger partial charge in [-0.3, -0.25) is 0 Å². The van der Waals surface area contributed by atoms with Crippen LogP contribution < -0.4 is 0 Å². The van der Waals surface area contributed by atoms with Gasteiger partial charge in [0.15, 0.2) is 0 Å². The molecule has 1 aliphatic carbocycles. The van der Waals surface area contributed by atoms with Crippen molar-refractivity contribution in [3.8, 4) is 0 Å². The topological polar surface area (TPSA) is 0 Å². The fraction of sp³-hybridized carbons (Fsp3) is 0.500. The first-order chi connectivity index (χ1) is 4.34. The molecular formula is C8H12S. The molecule has 0 aromatic carbocycles. The van der Waals surface area contributed by atoms with Gasteiger partial charge in [-0.1, -0.05) is 31.2 Å². The molecule has 0 spiro atoms. The maximum absolute atomic E-state index is 4.40. The number of hydrogen-bond acceptors (Lipinski definition) is 1. The van der Waals surface area contributed by atoms with Crippen molar-refractivity contribution in [1.29, 1.82) is 0 Å². The van der Waals surface area contributed by atoms with E-state index in [9.17, 15) is 0 Å². The predicted octanol–water partition coefficient (Wildman–Crippen LogP) is 2.44. The Balaban J connectivity index is 2.55. The Kier molecular flexibility index (Phi) is 2.40. The summed E-state index contributed by atoms with van der Waals surface area (Å²) in [4.78, 5) is 0. The van der Waals surface area contributed by atoms with Crippen LogP contribution in [0.2, 0.25) is 0 Å². The second-order valence-electron chi connectivity index (χ2n) is 2.33. The smallest absolute Gasteiger partial charge is 0.0262 e. The number of thiol groups is 1. The molecule has 0 aliphatic heterocycles. The van der Waals surface area contributed by atoms with Gasteiger partial charge < -0.3 is 0 Å². The molecule has 50 valence electrons. The monoisotopic (exact) mass is 140 g/mol. The average molecular weight is 140 g/mol. The van der Waals surface area contributed by atoms with Gasteiger partial charge in [-0.25, -0.2) is 0 Å². The molecule has 0 aromatic heterocycles. The molecule has 9 heavy (non-hydrogen) atoms. The maximum atomic E-state index is 4.40. The largest absolute Gasteiger partial charge is 0.171 e. The quantitative estimate of drug-likeness (QED) is 0.531. The van der Waals surface area contributed by atoms with Gasteiger partial charge in [0.1, 0.15) is 0 Å². The van der Waals surface area contributed by atoms with E-state index in [1.165, 1.54) is 6.42 Å². The average Bonchev–Trinajstić information content (AvgIpc) is 1.89. The highest BCUT2D eigenvalue weighted by atomic mass is 32.1. The number of rotatable bonds is 1. The van der Waals surface area contributed by atoms with Gasteiger partial charge in [-0.15, -0.1) is 0 Å². The SMILES string of the molecule is CCC1C=CC=CC1S. The van der Waals surface area contributed by atoms with Crippen LogP contribution in [0.5, 0.6) is 0 Å². The standard InChI is InChI=1S/C8H12S/c1-2-7-5-3-4-6-8(7)9/h3-9H,2H2,1H3. The van der Waals surface area contributed by atoms with Crippen LogP contribution in [0.1, 0.15) is 13.3 Å². The third-order valence-electron chi connectivity index (χ3n) is 1.69. The Hall–Kier alpha value is -0.170. The molecule has 0 radical (unpaired) electrons. The van der Waals surface area contributed by atoms with Gasteiger partial charge in [-0.05, 0) is 12.3 Å². The van der Waals surface area contributed by atoms with Gasteiger partial charge in [0.05, 0.1) is 0 Å². The highest BCUT2D eigenvalue weighted by molar-refractivity contribution is 7.81. The normalized spacial score (nSPS) is 33.1. The predicted molar refractivity (Wildman–Crippen MR) is 44.8 cm³/mol. The van der Waals surface area contributed by atoms with Crippen molar-refractivity contribution in [3.05, 3.63) is 24.3 Å². The lowest BCUT2D eigenvalue weighted by Crippen LogP contribution is -2.10. The summed E-state index contributed by atoms with van der Waals surface area (Å²) in [5.41, 5.74) is 0. The third kappa shape index (κ3) is 1.62. The molecule has 2 unspecified atom stereocenters. The number of allylic oxidation sites excluding steroid dienone is 3. The lowest BCUT2D eigenvalue weighted by molar-refractivity contribution is 0.648. The van der Waals surface area contributed by atoms with E-state index in [2.05, 4.69) is 43.9 Å². The first-order valence-electron chi connectivity index (χ1n) is 3.37. The minimum absolute atomic E-state index is 0.444. The molecule has 0 aromatic rings. The molecule has 0 amide bonds. The first-order valence-corrected chi connectivity index (χ1v) is 3.89. The van der Waals surface area contributed by atoms with E-state index in [1.807, 2.05) is 0 Å². The summed E-state index contributed by atoms with van der Waals surface area (Å²) < 4.78 is 0. The van der Waals surface area contributed by atoms with Crippen LogP contribution in [0.15, 0.2) is 24.3 Å². The fourth-order valence-corrected chi connectivity index (χ4v) is 1.43. The summed E-state index contributed by atoms with van der Waals surface area (Å²) >= 11 is 4.40. The van der Waals surface area contributed by atoms with Gasteiger partial charge in [0, 0.05) is 5.25 Å². The van der Waals surface area contributed by atoms with E-state index < -0.39 is 0 Å². The Labute approximate surface area is 62.1 Å². The zero-order valence-corrected chi connectivity index (χ0v) is 6.51. The van der Waals surface area contributed by atoms with Crippen LogP contribution in [0.3, 0.4) is 0 Å². The van der Waals surface area contributed by atoms with Crippen molar-refractivity contribution in [2.75, 3.05) is 0 Å². The maximum Gasteiger partial charge on any atom is 0.0262 e.